The minimum Gasteiger partial charge on any atom is -0.356 e. The highest BCUT2D eigenvalue weighted by Crippen LogP contribution is 2.51. The van der Waals surface area contributed by atoms with Gasteiger partial charge in [0.2, 0.25) is 0 Å². The van der Waals surface area contributed by atoms with E-state index in [1.807, 2.05) is 0 Å². The summed E-state index contributed by atoms with van der Waals surface area (Å²) in [5.74, 6) is -0.000296. The summed E-state index contributed by atoms with van der Waals surface area (Å²) in [5.41, 5.74) is 0.326. The first-order valence-corrected chi connectivity index (χ1v) is 8.64. The lowest BCUT2D eigenvalue weighted by molar-refractivity contribution is -0.138. The molecular weight excluding hydrogens is 373 g/mol. The van der Waals surface area contributed by atoms with Crippen LogP contribution >= 0.6 is 15.9 Å². The number of nitrogens with zero attached hydrogens (tertiary/aromatic N) is 2. The molecule has 2 fully saturated rings. The van der Waals surface area contributed by atoms with Crippen LogP contribution in [-0.4, -0.2) is 16.4 Å². The molecule has 2 aromatic rings. The molecule has 1 aromatic heterocycles. The Labute approximate surface area is 139 Å². The quantitative estimate of drug-likeness (QED) is 0.688. The summed E-state index contributed by atoms with van der Waals surface area (Å²) in [6.45, 7) is 0.624. The van der Waals surface area contributed by atoms with Crippen molar-refractivity contribution in [1.82, 2.24) is 9.78 Å². The van der Waals surface area contributed by atoms with Gasteiger partial charge < -0.3 is 4.74 Å². The maximum Gasteiger partial charge on any atom is 0.416 e. The Hall–Kier alpha value is -1.08. The molecule has 2 heterocycles. The number of alkyl halides is 3. The van der Waals surface area contributed by atoms with Gasteiger partial charge in [0, 0.05) is 16.5 Å². The van der Waals surface area contributed by atoms with E-state index in [0.717, 1.165) is 37.5 Å². The third-order valence-corrected chi connectivity index (χ3v) is 5.45. The van der Waals surface area contributed by atoms with Crippen molar-refractivity contribution in [2.24, 2.45) is 0 Å². The van der Waals surface area contributed by atoms with Gasteiger partial charge in [0.15, 0.2) is 6.23 Å². The van der Waals surface area contributed by atoms with Gasteiger partial charge in [0.05, 0.1) is 17.3 Å². The van der Waals surface area contributed by atoms with Crippen LogP contribution < -0.4 is 0 Å². The van der Waals surface area contributed by atoms with Crippen LogP contribution in [0.25, 0.3) is 10.9 Å². The molecule has 0 radical (unpaired) electrons. The van der Waals surface area contributed by atoms with Gasteiger partial charge in [-0.3, -0.25) is 0 Å². The highest BCUT2D eigenvalue weighted by molar-refractivity contribution is 9.10. The minimum absolute atomic E-state index is 0.000296. The Morgan fingerprint density at radius 3 is 2.61 bits per heavy atom. The summed E-state index contributed by atoms with van der Waals surface area (Å²) in [4.78, 5) is 0. The molecule has 1 saturated carbocycles. The number of aromatic nitrogens is 2. The fraction of sp³-hybridized carbons (Fsp3) is 0.562. The molecule has 1 aromatic carbocycles. The van der Waals surface area contributed by atoms with E-state index in [0.29, 0.717) is 22.2 Å². The molecule has 1 aliphatic carbocycles. The monoisotopic (exact) mass is 388 g/mol. The molecule has 0 N–H and O–H groups in total. The maximum atomic E-state index is 13.5. The van der Waals surface area contributed by atoms with Gasteiger partial charge in [-0.05, 0) is 65.6 Å². The van der Waals surface area contributed by atoms with E-state index in [2.05, 4.69) is 21.0 Å². The normalized spacial score (nSPS) is 22.7. The van der Waals surface area contributed by atoms with Crippen LogP contribution in [0, 0.1) is 0 Å². The summed E-state index contributed by atoms with van der Waals surface area (Å²) < 4.78 is 48.5. The van der Waals surface area contributed by atoms with Crippen LogP contribution in [-0.2, 0) is 10.9 Å². The SMILES string of the molecule is FC(F)(F)c1cc2c(cnn2C2CCCCO2)c(Br)c1C1CC1. The number of hydrogen-bond acceptors (Lipinski definition) is 2. The average Bonchev–Trinajstić information content (AvgIpc) is 3.25. The second-order valence-electron chi connectivity index (χ2n) is 6.27. The van der Waals surface area contributed by atoms with Crippen molar-refractivity contribution in [2.45, 2.75) is 50.4 Å². The fourth-order valence-corrected chi connectivity index (χ4v) is 4.16. The summed E-state index contributed by atoms with van der Waals surface area (Å²) in [5, 5.41) is 5.05. The molecule has 1 atom stereocenters. The Balaban J connectivity index is 1.90. The predicted octanol–water partition coefficient (Wildman–Crippen LogP) is 5.39. The van der Waals surface area contributed by atoms with E-state index in [-0.39, 0.29) is 12.1 Å². The van der Waals surface area contributed by atoms with Gasteiger partial charge >= 0.3 is 6.18 Å². The second-order valence-corrected chi connectivity index (χ2v) is 7.06. The lowest BCUT2D eigenvalue weighted by atomic mass is 10.0. The smallest absolute Gasteiger partial charge is 0.356 e. The van der Waals surface area contributed by atoms with Crippen molar-refractivity contribution < 1.29 is 17.9 Å². The molecule has 0 amide bonds. The summed E-state index contributed by atoms with van der Waals surface area (Å²) in [7, 11) is 0. The van der Waals surface area contributed by atoms with Crippen LogP contribution in [0.3, 0.4) is 0 Å². The summed E-state index contributed by atoms with van der Waals surface area (Å²) in [6, 6.07) is 1.25. The van der Waals surface area contributed by atoms with Crippen molar-refractivity contribution >= 4 is 26.8 Å². The van der Waals surface area contributed by atoms with E-state index in [1.165, 1.54) is 6.07 Å². The van der Waals surface area contributed by atoms with Crippen LogP contribution in [0.5, 0.6) is 0 Å². The molecule has 23 heavy (non-hydrogen) atoms. The minimum atomic E-state index is -4.36. The lowest BCUT2D eigenvalue weighted by Crippen LogP contribution is -2.19. The lowest BCUT2D eigenvalue weighted by Gasteiger charge is -2.24. The number of halogens is 4. The molecule has 124 valence electrons. The Morgan fingerprint density at radius 2 is 2.00 bits per heavy atom. The molecule has 3 nitrogen and oxygen atoms in total. The predicted molar refractivity (Wildman–Crippen MR) is 83.3 cm³/mol. The molecule has 2 aliphatic rings. The second kappa shape index (κ2) is 5.48. The highest BCUT2D eigenvalue weighted by Gasteiger charge is 2.40. The average molecular weight is 389 g/mol. The summed E-state index contributed by atoms with van der Waals surface area (Å²) in [6.07, 6.45) is 1.39. The van der Waals surface area contributed by atoms with Crippen LogP contribution in [0.2, 0.25) is 0 Å². The maximum absolute atomic E-state index is 13.5. The van der Waals surface area contributed by atoms with Gasteiger partial charge in [0.25, 0.3) is 0 Å². The van der Waals surface area contributed by atoms with Crippen LogP contribution in [0.1, 0.15) is 55.4 Å². The topological polar surface area (TPSA) is 27.1 Å². The zero-order valence-electron chi connectivity index (χ0n) is 12.4. The molecule has 0 spiro atoms. The van der Waals surface area contributed by atoms with E-state index in [4.69, 9.17) is 4.74 Å². The molecule has 1 saturated heterocycles. The van der Waals surface area contributed by atoms with Gasteiger partial charge in [-0.15, -0.1) is 0 Å². The zero-order valence-corrected chi connectivity index (χ0v) is 14.0. The van der Waals surface area contributed by atoms with Crippen molar-refractivity contribution in [3.8, 4) is 0 Å². The van der Waals surface area contributed by atoms with Gasteiger partial charge in [-0.1, -0.05) is 0 Å². The zero-order chi connectivity index (χ0) is 16.2. The standard InChI is InChI=1S/C16H16BrF3N2O/c17-15-10-8-21-22(13-3-1-2-6-23-13)12(10)7-11(16(18,19)20)14(15)9-4-5-9/h7-9,13H,1-6H2. The number of ether oxygens (including phenoxy) is 1. The molecule has 1 unspecified atom stereocenters. The van der Waals surface area contributed by atoms with Crippen LogP contribution in [0.4, 0.5) is 13.2 Å². The summed E-state index contributed by atoms with van der Waals surface area (Å²) >= 11 is 3.41. The van der Waals surface area contributed by atoms with Crippen molar-refractivity contribution in [3.63, 3.8) is 0 Å². The third kappa shape index (κ3) is 2.67. The first kappa shape index (κ1) is 15.4. The first-order chi connectivity index (χ1) is 11.0. The molecule has 7 heteroatoms. The number of hydrogen-bond donors (Lipinski definition) is 0. The Morgan fingerprint density at radius 1 is 1.22 bits per heavy atom. The van der Waals surface area contributed by atoms with Crippen molar-refractivity contribution in [3.05, 3.63) is 27.9 Å². The fourth-order valence-electron chi connectivity index (χ4n) is 3.31. The largest absolute Gasteiger partial charge is 0.416 e. The molecule has 1 aliphatic heterocycles. The van der Waals surface area contributed by atoms with Gasteiger partial charge in [-0.25, -0.2) is 4.68 Å². The highest BCUT2D eigenvalue weighted by atomic mass is 79.9. The first-order valence-electron chi connectivity index (χ1n) is 7.85. The molecule has 4 rings (SSSR count). The Kier molecular flexibility index (Phi) is 3.68. The van der Waals surface area contributed by atoms with E-state index in [1.54, 1.807) is 10.9 Å². The van der Waals surface area contributed by atoms with Crippen LogP contribution in [0.15, 0.2) is 16.7 Å². The van der Waals surface area contributed by atoms with E-state index >= 15 is 0 Å². The molecular formula is C16H16BrF3N2O. The number of rotatable bonds is 2. The number of benzene rings is 1. The molecule has 0 bridgehead atoms. The van der Waals surface area contributed by atoms with E-state index in [9.17, 15) is 13.2 Å². The van der Waals surface area contributed by atoms with Gasteiger partial charge in [-0.2, -0.15) is 18.3 Å². The van der Waals surface area contributed by atoms with Crippen molar-refractivity contribution in [1.29, 1.82) is 0 Å². The Bertz CT molecular complexity index is 746. The number of fused-ring (bicyclic) bond motifs is 1. The van der Waals surface area contributed by atoms with E-state index < -0.39 is 11.7 Å². The third-order valence-electron chi connectivity index (χ3n) is 4.60. The van der Waals surface area contributed by atoms with Gasteiger partial charge in [0.1, 0.15) is 0 Å². The van der Waals surface area contributed by atoms with Crippen molar-refractivity contribution in [2.75, 3.05) is 6.61 Å².